The molecule has 0 aliphatic carbocycles. The molecule has 1 amide bonds. The van der Waals surface area contributed by atoms with E-state index in [0.29, 0.717) is 19.7 Å². The fourth-order valence-corrected chi connectivity index (χ4v) is 2.13. The first-order chi connectivity index (χ1) is 8.69. The molecule has 0 saturated carbocycles. The second kappa shape index (κ2) is 5.98. The number of hydrogen-bond acceptors (Lipinski definition) is 3. The van der Waals surface area contributed by atoms with Crippen LogP contribution in [0, 0.1) is 5.92 Å². The summed E-state index contributed by atoms with van der Waals surface area (Å²) in [6.07, 6.45) is 1.02. The van der Waals surface area contributed by atoms with E-state index in [1.165, 1.54) is 0 Å². The molecule has 98 valence electrons. The van der Waals surface area contributed by atoms with Gasteiger partial charge in [-0.1, -0.05) is 24.3 Å². The average molecular weight is 248 g/mol. The lowest BCUT2D eigenvalue weighted by Crippen LogP contribution is -2.30. The summed E-state index contributed by atoms with van der Waals surface area (Å²) in [7, 11) is 0. The van der Waals surface area contributed by atoms with Crippen molar-refractivity contribution in [2.24, 2.45) is 11.7 Å². The van der Waals surface area contributed by atoms with Crippen LogP contribution in [0.3, 0.4) is 0 Å². The molecule has 18 heavy (non-hydrogen) atoms. The summed E-state index contributed by atoms with van der Waals surface area (Å²) < 4.78 is 5.39. The van der Waals surface area contributed by atoms with Gasteiger partial charge in [0.05, 0.1) is 18.6 Å². The molecule has 1 aromatic carbocycles. The molecule has 1 aliphatic heterocycles. The van der Waals surface area contributed by atoms with Gasteiger partial charge in [-0.2, -0.15) is 0 Å². The van der Waals surface area contributed by atoms with Gasteiger partial charge in [0.1, 0.15) is 0 Å². The van der Waals surface area contributed by atoms with Crippen LogP contribution in [0.2, 0.25) is 0 Å². The number of carbonyl (C=O) groups is 1. The van der Waals surface area contributed by atoms with Gasteiger partial charge < -0.3 is 15.8 Å². The smallest absolute Gasteiger partial charge is 0.225 e. The summed E-state index contributed by atoms with van der Waals surface area (Å²) in [4.78, 5) is 11.9. The van der Waals surface area contributed by atoms with Crippen molar-refractivity contribution in [2.45, 2.75) is 32.5 Å². The fourth-order valence-electron chi connectivity index (χ4n) is 2.13. The van der Waals surface area contributed by atoms with Crippen molar-refractivity contribution in [3.05, 3.63) is 35.4 Å². The zero-order valence-corrected chi connectivity index (χ0v) is 10.7. The SMILES string of the molecule is CC1CC(C(=O)NCc2ccc(CN)cc2)CO1. The quantitative estimate of drug-likeness (QED) is 0.841. The van der Waals surface area contributed by atoms with E-state index in [4.69, 9.17) is 10.5 Å². The molecule has 1 heterocycles. The van der Waals surface area contributed by atoms with Crippen molar-refractivity contribution in [3.63, 3.8) is 0 Å². The van der Waals surface area contributed by atoms with Gasteiger partial charge in [-0.15, -0.1) is 0 Å². The molecule has 0 spiro atoms. The van der Waals surface area contributed by atoms with Crippen LogP contribution in [0.5, 0.6) is 0 Å². The van der Waals surface area contributed by atoms with Crippen LogP contribution >= 0.6 is 0 Å². The molecule has 3 N–H and O–H groups in total. The van der Waals surface area contributed by atoms with Crippen LogP contribution in [0.1, 0.15) is 24.5 Å². The molecule has 2 rings (SSSR count). The second-order valence-electron chi connectivity index (χ2n) is 4.82. The van der Waals surface area contributed by atoms with Crippen molar-refractivity contribution < 1.29 is 9.53 Å². The number of amides is 1. The average Bonchev–Trinajstić information content (AvgIpc) is 2.83. The molecule has 0 aromatic heterocycles. The number of nitrogens with two attached hydrogens (primary N) is 1. The summed E-state index contributed by atoms with van der Waals surface area (Å²) in [6.45, 7) is 3.65. The minimum atomic E-state index is 0.00307. The first-order valence-corrected chi connectivity index (χ1v) is 6.36. The molecule has 2 atom stereocenters. The largest absolute Gasteiger partial charge is 0.378 e. The normalized spacial score (nSPS) is 23.0. The number of carbonyl (C=O) groups excluding carboxylic acids is 1. The Morgan fingerprint density at radius 3 is 2.61 bits per heavy atom. The first-order valence-electron chi connectivity index (χ1n) is 6.36. The lowest BCUT2D eigenvalue weighted by atomic mass is 10.1. The van der Waals surface area contributed by atoms with Crippen LogP contribution in [0.25, 0.3) is 0 Å². The number of hydrogen-bond donors (Lipinski definition) is 2. The van der Waals surface area contributed by atoms with Gasteiger partial charge in [-0.3, -0.25) is 4.79 Å². The number of nitrogens with one attached hydrogen (secondary N) is 1. The molecule has 2 unspecified atom stereocenters. The Hall–Kier alpha value is -1.39. The van der Waals surface area contributed by atoms with E-state index in [1.54, 1.807) is 0 Å². The number of rotatable bonds is 4. The molecule has 0 bridgehead atoms. The van der Waals surface area contributed by atoms with Crippen molar-refractivity contribution >= 4 is 5.91 Å². The minimum Gasteiger partial charge on any atom is -0.378 e. The molecule has 0 radical (unpaired) electrons. The monoisotopic (exact) mass is 248 g/mol. The van der Waals surface area contributed by atoms with E-state index in [9.17, 15) is 4.79 Å². The second-order valence-corrected chi connectivity index (χ2v) is 4.82. The number of benzene rings is 1. The van der Waals surface area contributed by atoms with Gasteiger partial charge in [0.25, 0.3) is 0 Å². The Morgan fingerprint density at radius 1 is 1.39 bits per heavy atom. The van der Waals surface area contributed by atoms with E-state index in [-0.39, 0.29) is 17.9 Å². The predicted molar refractivity (Wildman–Crippen MR) is 69.7 cm³/mol. The Bertz CT molecular complexity index is 403. The number of ether oxygens (including phenoxy) is 1. The van der Waals surface area contributed by atoms with E-state index in [2.05, 4.69) is 5.32 Å². The third-order valence-corrected chi connectivity index (χ3v) is 3.29. The lowest BCUT2D eigenvalue weighted by Gasteiger charge is -2.09. The van der Waals surface area contributed by atoms with Crippen LogP contribution < -0.4 is 11.1 Å². The van der Waals surface area contributed by atoms with Gasteiger partial charge in [0.2, 0.25) is 5.91 Å². The van der Waals surface area contributed by atoms with Gasteiger partial charge in [0, 0.05) is 13.1 Å². The Morgan fingerprint density at radius 2 is 2.06 bits per heavy atom. The highest BCUT2D eigenvalue weighted by atomic mass is 16.5. The van der Waals surface area contributed by atoms with Gasteiger partial charge in [-0.05, 0) is 24.5 Å². The highest BCUT2D eigenvalue weighted by Crippen LogP contribution is 2.19. The topological polar surface area (TPSA) is 64.4 Å². The first kappa shape index (κ1) is 13.1. The highest BCUT2D eigenvalue weighted by Gasteiger charge is 2.27. The molecule has 1 aliphatic rings. The summed E-state index contributed by atoms with van der Waals surface area (Å²) in [6, 6.07) is 7.97. The molecular formula is C14H20N2O2. The standard InChI is InChI=1S/C14H20N2O2/c1-10-6-13(9-18-10)14(17)16-8-12-4-2-11(7-15)3-5-12/h2-5,10,13H,6-9,15H2,1H3,(H,16,17). The molecule has 4 nitrogen and oxygen atoms in total. The third kappa shape index (κ3) is 3.31. The highest BCUT2D eigenvalue weighted by molar-refractivity contribution is 5.79. The maximum absolute atomic E-state index is 11.9. The molecule has 4 heteroatoms. The lowest BCUT2D eigenvalue weighted by molar-refractivity contribution is -0.125. The van der Waals surface area contributed by atoms with E-state index in [1.807, 2.05) is 31.2 Å². The Balaban J connectivity index is 1.81. The Kier molecular flexibility index (Phi) is 4.33. The van der Waals surface area contributed by atoms with Crippen LogP contribution in [0.15, 0.2) is 24.3 Å². The zero-order valence-electron chi connectivity index (χ0n) is 10.7. The summed E-state index contributed by atoms with van der Waals surface area (Å²) >= 11 is 0. The van der Waals surface area contributed by atoms with Crippen molar-refractivity contribution in [2.75, 3.05) is 6.61 Å². The van der Waals surface area contributed by atoms with Crippen molar-refractivity contribution in [3.8, 4) is 0 Å². The van der Waals surface area contributed by atoms with Crippen LogP contribution in [0.4, 0.5) is 0 Å². The molecular weight excluding hydrogens is 228 g/mol. The predicted octanol–water partition coefficient (Wildman–Crippen LogP) is 1.19. The van der Waals surface area contributed by atoms with E-state index in [0.717, 1.165) is 17.5 Å². The maximum Gasteiger partial charge on any atom is 0.225 e. The van der Waals surface area contributed by atoms with Crippen molar-refractivity contribution in [1.82, 2.24) is 5.32 Å². The fraction of sp³-hybridized carbons (Fsp3) is 0.500. The van der Waals surface area contributed by atoms with E-state index >= 15 is 0 Å². The summed E-state index contributed by atoms with van der Waals surface area (Å²) in [5.74, 6) is 0.0885. The van der Waals surface area contributed by atoms with Gasteiger partial charge in [0.15, 0.2) is 0 Å². The van der Waals surface area contributed by atoms with Gasteiger partial charge >= 0.3 is 0 Å². The van der Waals surface area contributed by atoms with Crippen LogP contribution in [-0.4, -0.2) is 18.6 Å². The van der Waals surface area contributed by atoms with Crippen molar-refractivity contribution in [1.29, 1.82) is 0 Å². The summed E-state index contributed by atoms with van der Waals surface area (Å²) in [5.41, 5.74) is 7.72. The zero-order chi connectivity index (χ0) is 13.0. The summed E-state index contributed by atoms with van der Waals surface area (Å²) in [5, 5.41) is 2.95. The third-order valence-electron chi connectivity index (χ3n) is 3.29. The molecule has 1 saturated heterocycles. The Labute approximate surface area is 108 Å². The minimum absolute atomic E-state index is 0.00307. The molecule has 1 fully saturated rings. The van der Waals surface area contributed by atoms with Gasteiger partial charge in [-0.25, -0.2) is 0 Å². The van der Waals surface area contributed by atoms with E-state index < -0.39 is 0 Å². The van der Waals surface area contributed by atoms with Crippen LogP contribution in [-0.2, 0) is 22.6 Å². The molecule has 1 aromatic rings. The maximum atomic E-state index is 11.9.